The molecule has 2 aliphatic heterocycles. The molecule has 0 aromatic rings. The topological polar surface area (TPSA) is 69.2 Å². The van der Waals surface area contributed by atoms with Crippen LogP contribution in [-0.2, 0) is 4.74 Å². The number of amides is 1. The molecular weight excluding hydrogens is 481 g/mol. The summed E-state index contributed by atoms with van der Waals surface area (Å²) in [6.07, 6.45) is 8.08. The van der Waals surface area contributed by atoms with Gasteiger partial charge in [0.15, 0.2) is 5.96 Å². The summed E-state index contributed by atoms with van der Waals surface area (Å²) in [7, 11) is 0. The number of ether oxygens (including phenoxy) is 1. The molecular formula is C21H42IN5O2. The third kappa shape index (κ3) is 9.27. The summed E-state index contributed by atoms with van der Waals surface area (Å²) in [6.45, 7) is 12.3. The van der Waals surface area contributed by atoms with Crippen molar-refractivity contribution in [2.75, 3.05) is 45.9 Å². The average Bonchev–Trinajstić information content (AvgIpc) is 2.72. The van der Waals surface area contributed by atoms with Gasteiger partial charge in [-0.3, -0.25) is 9.89 Å². The summed E-state index contributed by atoms with van der Waals surface area (Å²) >= 11 is 0. The van der Waals surface area contributed by atoms with Crippen LogP contribution in [0, 0.1) is 0 Å². The molecule has 1 unspecified atom stereocenters. The molecule has 2 aliphatic rings. The molecule has 7 nitrogen and oxygen atoms in total. The number of halogens is 1. The van der Waals surface area contributed by atoms with E-state index in [4.69, 9.17) is 9.73 Å². The van der Waals surface area contributed by atoms with Gasteiger partial charge in [-0.2, -0.15) is 0 Å². The average molecular weight is 524 g/mol. The van der Waals surface area contributed by atoms with Crippen molar-refractivity contribution < 1.29 is 9.53 Å². The van der Waals surface area contributed by atoms with E-state index < -0.39 is 0 Å². The maximum absolute atomic E-state index is 11.9. The smallest absolute Gasteiger partial charge is 0.409 e. The molecule has 170 valence electrons. The highest BCUT2D eigenvalue weighted by Gasteiger charge is 2.25. The zero-order chi connectivity index (χ0) is 20.2. The zero-order valence-electron chi connectivity index (χ0n) is 18.6. The Labute approximate surface area is 194 Å². The monoisotopic (exact) mass is 523 g/mol. The van der Waals surface area contributed by atoms with Crippen molar-refractivity contribution in [2.24, 2.45) is 4.99 Å². The highest BCUT2D eigenvalue weighted by atomic mass is 127. The molecule has 2 saturated heterocycles. The number of aliphatic imine (C=N–C) groups is 1. The van der Waals surface area contributed by atoms with Crippen molar-refractivity contribution in [1.29, 1.82) is 0 Å². The van der Waals surface area contributed by atoms with E-state index in [2.05, 4.69) is 29.4 Å². The van der Waals surface area contributed by atoms with Crippen LogP contribution in [0.15, 0.2) is 4.99 Å². The van der Waals surface area contributed by atoms with Gasteiger partial charge in [-0.1, -0.05) is 19.8 Å². The van der Waals surface area contributed by atoms with Gasteiger partial charge in [0.1, 0.15) is 0 Å². The summed E-state index contributed by atoms with van der Waals surface area (Å²) in [5.74, 6) is 0.915. The fourth-order valence-corrected chi connectivity index (χ4v) is 4.05. The molecule has 0 saturated carbocycles. The fraction of sp³-hybridized carbons (Fsp3) is 0.905. The molecule has 8 heteroatoms. The minimum Gasteiger partial charge on any atom is -0.450 e. The highest BCUT2D eigenvalue weighted by molar-refractivity contribution is 14.0. The summed E-state index contributed by atoms with van der Waals surface area (Å²) in [5, 5.41) is 6.98. The summed E-state index contributed by atoms with van der Waals surface area (Å²) < 4.78 is 5.11. The lowest BCUT2D eigenvalue weighted by Gasteiger charge is -2.35. The minimum atomic E-state index is -0.189. The molecule has 2 N–H and O–H groups in total. The normalized spacial score (nSPS) is 21.4. The van der Waals surface area contributed by atoms with Gasteiger partial charge in [0.25, 0.3) is 0 Å². The predicted molar refractivity (Wildman–Crippen MR) is 130 cm³/mol. The van der Waals surface area contributed by atoms with E-state index in [1.807, 2.05) is 6.92 Å². The van der Waals surface area contributed by atoms with E-state index in [0.29, 0.717) is 18.7 Å². The number of piperidine rings is 2. The van der Waals surface area contributed by atoms with Gasteiger partial charge < -0.3 is 20.3 Å². The van der Waals surface area contributed by atoms with E-state index in [-0.39, 0.29) is 30.1 Å². The van der Waals surface area contributed by atoms with E-state index >= 15 is 0 Å². The lowest BCUT2D eigenvalue weighted by atomic mass is 10.0. The number of unbranched alkanes of at least 4 members (excludes halogenated alkanes) is 1. The molecule has 29 heavy (non-hydrogen) atoms. The van der Waals surface area contributed by atoms with Gasteiger partial charge in [0.05, 0.1) is 13.2 Å². The molecule has 0 bridgehead atoms. The lowest BCUT2D eigenvalue weighted by Crippen LogP contribution is -2.50. The van der Waals surface area contributed by atoms with Crippen LogP contribution in [-0.4, -0.2) is 79.8 Å². The molecule has 0 spiro atoms. The molecule has 2 fully saturated rings. The van der Waals surface area contributed by atoms with Crippen LogP contribution in [0.25, 0.3) is 0 Å². The first-order chi connectivity index (χ1) is 13.7. The van der Waals surface area contributed by atoms with Crippen molar-refractivity contribution in [1.82, 2.24) is 20.4 Å². The van der Waals surface area contributed by atoms with Gasteiger partial charge in [-0.05, 0) is 59.0 Å². The quantitative estimate of drug-likeness (QED) is 0.290. The first kappa shape index (κ1) is 26.3. The van der Waals surface area contributed by atoms with E-state index in [9.17, 15) is 4.79 Å². The standard InChI is InChI=1S/C21H41N5O2.HI/c1-4-7-13-25-14-9-8-10-19(25)17-23-20(22-5-2)24-18-11-15-26(16-12-18)21(27)28-6-3;/h18-19H,4-17H2,1-3H3,(H2,22,23,24);1H. The van der Waals surface area contributed by atoms with E-state index in [1.54, 1.807) is 4.90 Å². The number of carbonyl (C=O) groups excluding carboxylic acids is 1. The molecule has 0 aromatic heterocycles. The molecule has 2 rings (SSSR count). The van der Waals surface area contributed by atoms with E-state index in [0.717, 1.165) is 45.0 Å². The summed E-state index contributed by atoms with van der Waals surface area (Å²) in [5.41, 5.74) is 0. The van der Waals surface area contributed by atoms with Gasteiger partial charge >= 0.3 is 6.09 Å². The minimum absolute atomic E-state index is 0. The second-order valence-corrected chi connectivity index (χ2v) is 7.86. The van der Waals surface area contributed by atoms with Crippen molar-refractivity contribution in [2.45, 2.75) is 77.8 Å². The van der Waals surface area contributed by atoms with Crippen LogP contribution in [0.5, 0.6) is 0 Å². The van der Waals surface area contributed by atoms with Gasteiger partial charge in [-0.25, -0.2) is 4.79 Å². The van der Waals surface area contributed by atoms with Gasteiger partial charge in [-0.15, -0.1) is 24.0 Å². The van der Waals surface area contributed by atoms with Crippen LogP contribution >= 0.6 is 24.0 Å². The second-order valence-electron chi connectivity index (χ2n) is 7.86. The van der Waals surface area contributed by atoms with Crippen LogP contribution in [0.2, 0.25) is 0 Å². The number of nitrogens with zero attached hydrogens (tertiary/aromatic N) is 3. The zero-order valence-corrected chi connectivity index (χ0v) is 21.0. The van der Waals surface area contributed by atoms with Crippen molar-refractivity contribution >= 4 is 36.0 Å². The third-order valence-electron chi connectivity index (χ3n) is 5.71. The van der Waals surface area contributed by atoms with Crippen LogP contribution in [0.3, 0.4) is 0 Å². The van der Waals surface area contributed by atoms with Crippen molar-refractivity contribution in [3.63, 3.8) is 0 Å². The van der Waals surface area contributed by atoms with Crippen LogP contribution < -0.4 is 10.6 Å². The number of hydrogen-bond acceptors (Lipinski definition) is 4. The number of nitrogens with one attached hydrogen (secondary N) is 2. The predicted octanol–water partition coefficient (Wildman–Crippen LogP) is 3.44. The van der Waals surface area contributed by atoms with Gasteiger partial charge in [0, 0.05) is 31.7 Å². The summed E-state index contributed by atoms with van der Waals surface area (Å²) in [6, 6.07) is 0.924. The Morgan fingerprint density at radius 3 is 2.52 bits per heavy atom. The molecule has 2 heterocycles. The Morgan fingerprint density at radius 2 is 1.86 bits per heavy atom. The molecule has 1 amide bonds. The third-order valence-corrected chi connectivity index (χ3v) is 5.71. The van der Waals surface area contributed by atoms with E-state index in [1.165, 1.54) is 45.2 Å². The summed E-state index contributed by atoms with van der Waals surface area (Å²) in [4.78, 5) is 21.2. The second kappa shape index (κ2) is 15.1. The molecule has 0 radical (unpaired) electrons. The largest absolute Gasteiger partial charge is 0.450 e. The number of guanidine groups is 1. The first-order valence-corrected chi connectivity index (χ1v) is 11.4. The SMILES string of the molecule is CCCCN1CCCCC1CN=C(NCC)NC1CCN(C(=O)OCC)CC1.I. The Hall–Kier alpha value is -0.770. The molecule has 0 aromatic carbocycles. The van der Waals surface area contributed by atoms with Crippen molar-refractivity contribution in [3.05, 3.63) is 0 Å². The Kier molecular flexibility index (Phi) is 13.7. The number of rotatable bonds is 8. The maximum Gasteiger partial charge on any atom is 0.409 e. The molecule has 1 atom stereocenters. The fourth-order valence-electron chi connectivity index (χ4n) is 4.05. The number of carbonyl (C=O) groups is 1. The van der Waals surface area contributed by atoms with Gasteiger partial charge in [0.2, 0.25) is 0 Å². The van der Waals surface area contributed by atoms with Crippen molar-refractivity contribution in [3.8, 4) is 0 Å². The highest BCUT2D eigenvalue weighted by Crippen LogP contribution is 2.18. The maximum atomic E-state index is 11.9. The first-order valence-electron chi connectivity index (χ1n) is 11.4. The molecule has 0 aliphatic carbocycles. The Morgan fingerprint density at radius 1 is 1.10 bits per heavy atom. The Balaban J connectivity index is 0.00000420. The van der Waals surface area contributed by atoms with Crippen LogP contribution in [0.4, 0.5) is 4.79 Å². The number of hydrogen-bond donors (Lipinski definition) is 2. The lowest BCUT2D eigenvalue weighted by molar-refractivity contribution is 0.0963. The van der Waals surface area contributed by atoms with Crippen LogP contribution in [0.1, 0.15) is 65.7 Å². The number of likely N-dealkylation sites (tertiary alicyclic amines) is 2. The Bertz CT molecular complexity index is 484.